The van der Waals surface area contributed by atoms with Gasteiger partial charge in [0.1, 0.15) is 11.9 Å². The number of nitrogens with one attached hydrogen (secondary N) is 1. The predicted octanol–water partition coefficient (Wildman–Crippen LogP) is 0.738. The molecular formula is C10H13FN2O2. The minimum absolute atomic E-state index is 0.115. The third kappa shape index (κ3) is 3.21. The molecule has 4 nitrogen and oxygen atoms in total. The van der Waals surface area contributed by atoms with Crippen LogP contribution in [0.3, 0.4) is 0 Å². The van der Waals surface area contributed by atoms with Crippen molar-refractivity contribution in [2.45, 2.75) is 6.04 Å². The number of nitrogens with two attached hydrogens (primary N) is 1. The average Bonchev–Trinajstić information content (AvgIpc) is 2.27. The number of hydrogen-bond acceptors (Lipinski definition) is 4. The van der Waals surface area contributed by atoms with Gasteiger partial charge in [-0.25, -0.2) is 9.18 Å². The molecule has 1 rings (SSSR count). The molecule has 5 heteroatoms. The van der Waals surface area contributed by atoms with Gasteiger partial charge in [0.05, 0.1) is 7.11 Å². The predicted molar refractivity (Wildman–Crippen MR) is 54.9 cm³/mol. The van der Waals surface area contributed by atoms with Gasteiger partial charge in [-0.15, -0.1) is 0 Å². The highest BCUT2D eigenvalue weighted by Crippen LogP contribution is 2.09. The summed E-state index contributed by atoms with van der Waals surface area (Å²) in [7, 11) is 1.29. The number of hydrogen-bond donors (Lipinski definition) is 2. The van der Waals surface area contributed by atoms with Gasteiger partial charge in [-0.3, -0.25) is 0 Å². The number of halogens is 1. The molecule has 0 saturated heterocycles. The molecule has 0 radical (unpaired) electrons. The van der Waals surface area contributed by atoms with Crippen LogP contribution >= 0.6 is 0 Å². The van der Waals surface area contributed by atoms with E-state index in [1.54, 1.807) is 0 Å². The lowest BCUT2D eigenvalue weighted by Crippen LogP contribution is -2.37. The van der Waals surface area contributed by atoms with Crippen molar-refractivity contribution in [3.05, 3.63) is 30.1 Å². The van der Waals surface area contributed by atoms with Crippen LogP contribution in [0.2, 0.25) is 0 Å². The number of benzene rings is 1. The van der Waals surface area contributed by atoms with Crippen LogP contribution in [0, 0.1) is 5.82 Å². The Morgan fingerprint density at radius 3 is 2.60 bits per heavy atom. The molecule has 3 N–H and O–H groups in total. The van der Waals surface area contributed by atoms with Crippen LogP contribution in [0.15, 0.2) is 24.3 Å². The van der Waals surface area contributed by atoms with E-state index in [-0.39, 0.29) is 12.4 Å². The summed E-state index contributed by atoms with van der Waals surface area (Å²) in [4.78, 5) is 11.2. The number of ether oxygens (including phenoxy) is 1. The Morgan fingerprint density at radius 1 is 1.53 bits per heavy atom. The molecule has 0 amide bonds. The highest BCUT2D eigenvalue weighted by Gasteiger charge is 2.16. The van der Waals surface area contributed by atoms with Crippen LogP contribution in [-0.4, -0.2) is 25.7 Å². The molecule has 0 aromatic heterocycles. The van der Waals surface area contributed by atoms with Crippen molar-refractivity contribution >= 4 is 11.7 Å². The van der Waals surface area contributed by atoms with Gasteiger partial charge < -0.3 is 15.8 Å². The summed E-state index contributed by atoms with van der Waals surface area (Å²) in [6, 6.07) is 5.04. The second kappa shape index (κ2) is 5.31. The Kier molecular flexibility index (Phi) is 4.05. The van der Waals surface area contributed by atoms with Crippen molar-refractivity contribution in [2.24, 2.45) is 5.73 Å². The molecule has 0 saturated carbocycles. The smallest absolute Gasteiger partial charge is 0.329 e. The summed E-state index contributed by atoms with van der Waals surface area (Å²) in [6.07, 6.45) is 0. The highest BCUT2D eigenvalue weighted by atomic mass is 19.1. The van der Waals surface area contributed by atoms with E-state index in [1.165, 1.54) is 31.4 Å². The summed E-state index contributed by atoms with van der Waals surface area (Å²) in [5.74, 6) is -0.773. The minimum atomic E-state index is -0.611. The van der Waals surface area contributed by atoms with Crippen molar-refractivity contribution in [3.8, 4) is 0 Å². The molecule has 15 heavy (non-hydrogen) atoms. The van der Waals surface area contributed by atoms with Gasteiger partial charge in [-0.1, -0.05) is 0 Å². The summed E-state index contributed by atoms with van der Waals surface area (Å²) in [5.41, 5.74) is 6.01. The first-order valence-corrected chi connectivity index (χ1v) is 4.47. The fourth-order valence-corrected chi connectivity index (χ4v) is 1.10. The van der Waals surface area contributed by atoms with Crippen LogP contribution in [0.4, 0.5) is 10.1 Å². The molecular weight excluding hydrogens is 199 g/mol. The van der Waals surface area contributed by atoms with Crippen molar-refractivity contribution in [1.29, 1.82) is 0 Å². The second-order valence-corrected chi connectivity index (χ2v) is 2.96. The number of methoxy groups -OCH3 is 1. The van der Waals surface area contributed by atoms with Gasteiger partial charge in [0, 0.05) is 12.2 Å². The van der Waals surface area contributed by atoms with Gasteiger partial charge in [0.25, 0.3) is 0 Å². The van der Waals surface area contributed by atoms with Crippen LogP contribution in [0.1, 0.15) is 0 Å². The highest BCUT2D eigenvalue weighted by molar-refractivity contribution is 5.79. The van der Waals surface area contributed by atoms with E-state index in [4.69, 9.17) is 5.73 Å². The summed E-state index contributed by atoms with van der Waals surface area (Å²) in [6.45, 7) is 0.115. The van der Waals surface area contributed by atoms with Crippen LogP contribution in [0.25, 0.3) is 0 Å². The average molecular weight is 212 g/mol. The third-order valence-corrected chi connectivity index (χ3v) is 1.91. The molecule has 1 aromatic rings. The van der Waals surface area contributed by atoms with Gasteiger partial charge in [-0.2, -0.15) is 0 Å². The largest absolute Gasteiger partial charge is 0.467 e. The molecule has 1 unspecified atom stereocenters. The topological polar surface area (TPSA) is 64.3 Å². The molecule has 0 bridgehead atoms. The number of rotatable bonds is 4. The van der Waals surface area contributed by atoms with Gasteiger partial charge in [0.2, 0.25) is 0 Å². The first-order valence-electron chi connectivity index (χ1n) is 4.47. The summed E-state index contributed by atoms with van der Waals surface area (Å²) in [5, 5.41) is 2.84. The van der Waals surface area contributed by atoms with E-state index in [2.05, 4.69) is 10.1 Å². The Bertz CT molecular complexity index is 327. The summed E-state index contributed by atoms with van der Waals surface area (Å²) >= 11 is 0. The Labute approximate surface area is 87.2 Å². The van der Waals surface area contributed by atoms with Crippen LogP contribution in [-0.2, 0) is 9.53 Å². The van der Waals surface area contributed by atoms with E-state index in [0.717, 1.165) is 0 Å². The SMILES string of the molecule is COC(=O)C(CN)Nc1ccc(F)cc1. The summed E-state index contributed by atoms with van der Waals surface area (Å²) < 4.78 is 17.1. The van der Waals surface area contributed by atoms with E-state index >= 15 is 0 Å². The quantitative estimate of drug-likeness (QED) is 0.722. The van der Waals surface area contributed by atoms with E-state index < -0.39 is 12.0 Å². The first kappa shape index (κ1) is 11.5. The van der Waals surface area contributed by atoms with Crippen LogP contribution in [0.5, 0.6) is 0 Å². The fraction of sp³-hybridized carbons (Fsp3) is 0.300. The van der Waals surface area contributed by atoms with Gasteiger partial charge in [-0.05, 0) is 24.3 Å². The Morgan fingerprint density at radius 2 is 2.13 bits per heavy atom. The zero-order valence-corrected chi connectivity index (χ0v) is 8.37. The maximum atomic E-state index is 12.6. The normalized spacial score (nSPS) is 11.9. The number of anilines is 1. The zero-order chi connectivity index (χ0) is 11.3. The van der Waals surface area contributed by atoms with Crippen molar-refractivity contribution < 1.29 is 13.9 Å². The van der Waals surface area contributed by atoms with Crippen molar-refractivity contribution in [1.82, 2.24) is 0 Å². The molecule has 82 valence electrons. The lowest BCUT2D eigenvalue weighted by Gasteiger charge is -2.15. The molecule has 0 spiro atoms. The van der Waals surface area contributed by atoms with Crippen molar-refractivity contribution in [3.63, 3.8) is 0 Å². The van der Waals surface area contributed by atoms with Crippen LogP contribution < -0.4 is 11.1 Å². The van der Waals surface area contributed by atoms with E-state index in [0.29, 0.717) is 5.69 Å². The van der Waals surface area contributed by atoms with E-state index in [9.17, 15) is 9.18 Å². The van der Waals surface area contributed by atoms with E-state index in [1.807, 2.05) is 0 Å². The molecule has 0 fully saturated rings. The molecule has 0 aliphatic carbocycles. The first-order chi connectivity index (χ1) is 7.17. The number of esters is 1. The molecule has 1 aromatic carbocycles. The van der Waals surface area contributed by atoms with Gasteiger partial charge >= 0.3 is 5.97 Å². The maximum Gasteiger partial charge on any atom is 0.329 e. The fourth-order valence-electron chi connectivity index (χ4n) is 1.10. The second-order valence-electron chi connectivity index (χ2n) is 2.96. The molecule has 0 heterocycles. The molecule has 0 aliphatic rings. The standard InChI is InChI=1S/C10H13FN2O2/c1-15-10(14)9(6-12)13-8-4-2-7(11)3-5-8/h2-5,9,13H,6,12H2,1H3. The lowest BCUT2D eigenvalue weighted by molar-refractivity contribution is -0.141. The molecule has 0 aliphatic heterocycles. The number of carbonyl (C=O) groups is 1. The monoisotopic (exact) mass is 212 g/mol. The Hall–Kier alpha value is -1.62. The molecule has 1 atom stereocenters. The minimum Gasteiger partial charge on any atom is -0.467 e. The van der Waals surface area contributed by atoms with Gasteiger partial charge in [0.15, 0.2) is 0 Å². The third-order valence-electron chi connectivity index (χ3n) is 1.91. The van der Waals surface area contributed by atoms with Crippen molar-refractivity contribution in [2.75, 3.05) is 19.0 Å². The Balaban J connectivity index is 2.66. The maximum absolute atomic E-state index is 12.6. The number of carbonyl (C=O) groups excluding carboxylic acids is 1. The zero-order valence-electron chi connectivity index (χ0n) is 8.37. The lowest BCUT2D eigenvalue weighted by atomic mass is 10.2.